The second-order valence-electron chi connectivity index (χ2n) is 7.05. The highest BCUT2D eigenvalue weighted by Crippen LogP contribution is 2.42. The quantitative estimate of drug-likeness (QED) is 0.858. The summed E-state index contributed by atoms with van der Waals surface area (Å²) in [6.07, 6.45) is 5.37. The van der Waals surface area contributed by atoms with Gasteiger partial charge in [-0.05, 0) is 27.3 Å². The van der Waals surface area contributed by atoms with Crippen LogP contribution in [0.3, 0.4) is 0 Å². The van der Waals surface area contributed by atoms with E-state index in [0.29, 0.717) is 18.8 Å². The molecule has 1 unspecified atom stereocenters. The van der Waals surface area contributed by atoms with E-state index in [1.54, 1.807) is 11.1 Å². The van der Waals surface area contributed by atoms with Crippen LogP contribution in [0.1, 0.15) is 30.8 Å². The fourth-order valence-corrected chi connectivity index (χ4v) is 3.65. The number of carbonyl (C=O) groups is 2. The lowest BCUT2D eigenvalue weighted by Crippen LogP contribution is -2.59. The van der Waals surface area contributed by atoms with Gasteiger partial charge < -0.3 is 10.2 Å². The van der Waals surface area contributed by atoms with Crippen LogP contribution in [0.15, 0.2) is 18.6 Å². The highest BCUT2D eigenvalue weighted by molar-refractivity contribution is 5.92. The number of likely N-dealkylation sites (N-methyl/N-ethyl adjacent to an activating group) is 1. The molecule has 0 bridgehead atoms. The van der Waals surface area contributed by atoms with Crippen molar-refractivity contribution in [2.24, 2.45) is 5.41 Å². The van der Waals surface area contributed by atoms with Gasteiger partial charge in [0.1, 0.15) is 5.69 Å². The summed E-state index contributed by atoms with van der Waals surface area (Å²) in [5.41, 5.74) is 0.411. The van der Waals surface area contributed by atoms with Gasteiger partial charge in [0.05, 0.1) is 12.2 Å². The van der Waals surface area contributed by atoms with E-state index < -0.39 is 0 Å². The van der Waals surface area contributed by atoms with Crippen molar-refractivity contribution >= 4 is 11.8 Å². The molecule has 0 aliphatic carbocycles. The number of aromatic nitrogens is 2. The van der Waals surface area contributed by atoms with Gasteiger partial charge in [-0.3, -0.25) is 19.5 Å². The van der Waals surface area contributed by atoms with Crippen molar-refractivity contribution in [1.29, 1.82) is 0 Å². The molecule has 2 saturated heterocycles. The van der Waals surface area contributed by atoms with E-state index in [9.17, 15) is 9.59 Å². The molecule has 3 heterocycles. The Morgan fingerprint density at radius 2 is 2.04 bits per heavy atom. The SMILES string of the molecule is CC(C)NC(=O)C1CC2(CN(C(=O)c3cnccn3)C2)CN1C. The molecule has 2 aliphatic heterocycles. The summed E-state index contributed by atoms with van der Waals surface area (Å²) in [7, 11) is 1.98. The molecule has 0 saturated carbocycles. The third kappa shape index (κ3) is 3.06. The predicted molar refractivity (Wildman–Crippen MR) is 84.7 cm³/mol. The minimum absolute atomic E-state index is 0.0333. The molecular weight excluding hydrogens is 294 g/mol. The molecule has 3 rings (SSSR count). The lowest BCUT2D eigenvalue weighted by Gasteiger charge is -2.47. The third-order valence-corrected chi connectivity index (χ3v) is 4.60. The van der Waals surface area contributed by atoms with Crippen molar-refractivity contribution in [3.63, 3.8) is 0 Å². The van der Waals surface area contributed by atoms with Crippen molar-refractivity contribution in [3.05, 3.63) is 24.3 Å². The first kappa shape index (κ1) is 15.9. The Balaban J connectivity index is 1.60. The van der Waals surface area contributed by atoms with Gasteiger partial charge in [-0.1, -0.05) is 0 Å². The van der Waals surface area contributed by atoms with Crippen LogP contribution < -0.4 is 5.32 Å². The van der Waals surface area contributed by atoms with E-state index in [1.165, 1.54) is 12.4 Å². The average molecular weight is 317 g/mol. The predicted octanol–water partition coefficient (Wildman–Crippen LogP) is 0.148. The maximum Gasteiger partial charge on any atom is 0.274 e. The van der Waals surface area contributed by atoms with Crippen LogP contribution in [0, 0.1) is 5.41 Å². The number of likely N-dealkylation sites (tertiary alicyclic amines) is 2. The second-order valence-corrected chi connectivity index (χ2v) is 7.05. The van der Waals surface area contributed by atoms with Crippen LogP contribution in [0.5, 0.6) is 0 Å². The van der Waals surface area contributed by atoms with Gasteiger partial charge in [0.25, 0.3) is 5.91 Å². The summed E-state index contributed by atoms with van der Waals surface area (Å²) < 4.78 is 0. The van der Waals surface area contributed by atoms with E-state index in [0.717, 1.165) is 13.0 Å². The van der Waals surface area contributed by atoms with Gasteiger partial charge in [-0.2, -0.15) is 0 Å². The van der Waals surface area contributed by atoms with Crippen LogP contribution in [-0.4, -0.2) is 70.3 Å². The van der Waals surface area contributed by atoms with Gasteiger partial charge in [0, 0.05) is 43.5 Å². The number of hydrogen-bond donors (Lipinski definition) is 1. The molecule has 7 nitrogen and oxygen atoms in total. The summed E-state index contributed by atoms with van der Waals surface area (Å²) >= 11 is 0. The molecule has 2 aliphatic rings. The van der Waals surface area contributed by atoms with Crippen molar-refractivity contribution in [2.75, 3.05) is 26.7 Å². The van der Waals surface area contributed by atoms with Crippen molar-refractivity contribution in [1.82, 2.24) is 25.1 Å². The Bertz CT molecular complexity index is 598. The van der Waals surface area contributed by atoms with Crippen LogP contribution in [0.25, 0.3) is 0 Å². The molecule has 1 aromatic rings. The smallest absolute Gasteiger partial charge is 0.274 e. The number of hydrogen-bond acceptors (Lipinski definition) is 5. The Labute approximate surface area is 136 Å². The maximum atomic E-state index is 12.3. The zero-order valence-corrected chi connectivity index (χ0v) is 13.8. The lowest BCUT2D eigenvalue weighted by atomic mass is 9.77. The van der Waals surface area contributed by atoms with Crippen LogP contribution in [-0.2, 0) is 4.79 Å². The first-order chi connectivity index (χ1) is 10.9. The van der Waals surface area contributed by atoms with Gasteiger partial charge in [-0.15, -0.1) is 0 Å². The normalized spacial score (nSPS) is 23.1. The van der Waals surface area contributed by atoms with Crippen LogP contribution in [0.2, 0.25) is 0 Å². The maximum absolute atomic E-state index is 12.3. The van der Waals surface area contributed by atoms with E-state index in [2.05, 4.69) is 20.2 Å². The standard InChI is InChI=1S/C16H23N5O2/c1-11(2)19-14(22)13-6-16(8-20(13)3)9-21(10-16)15(23)12-7-17-4-5-18-12/h4-5,7,11,13H,6,8-10H2,1-3H3,(H,19,22). The topological polar surface area (TPSA) is 78.4 Å². The van der Waals surface area contributed by atoms with Crippen LogP contribution in [0.4, 0.5) is 0 Å². The van der Waals surface area contributed by atoms with E-state index >= 15 is 0 Å². The van der Waals surface area contributed by atoms with Gasteiger partial charge >= 0.3 is 0 Å². The summed E-state index contributed by atoms with van der Waals surface area (Å²) in [6.45, 7) is 6.13. The monoisotopic (exact) mass is 317 g/mol. The molecule has 124 valence electrons. The highest BCUT2D eigenvalue weighted by atomic mass is 16.2. The molecule has 7 heteroatoms. The van der Waals surface area contributed by atoms with Crippen molar-refractivity contribution in [2.45, 2.75) is 32.4 Å². The Morgan fingerprint density at radius 3 is 2.65 bits per heavy atom. The lowest BCUT2D eigenvalue weighted by molar-refractivity contribution is -0.125. The minimum Gasteiger partial charge on any atom is -0.353 e. The molecule has 1 atom stereocenters. The Hall–Kier alpha value is -2.02. The number of carbonyl (C=O) groups excluding carboxylic acids is 2. The zero-order chi connectivity index (χ0) is 16.6. The Morgan fingerprint density at radius 1 is 1.30 bits per heavy atom. The van der Waals surface area contributed by atoms with E-state index in [-0.39, 0.29) is 29.3 Å². The molecule has 2 amide bonds. The third-order valence-electron chi connectivity index (χ3n) is 4.60. The number of amides is 2. The fraction of sp³-hybridized carbons (Fsp3) is 0.625. The van der Waals surface area contributed by atoms with Gasteiger partial charge in [0.15, 0.2) is 0 Å². The summed E-state index contributed by atoms with van der Waals surface area (Å²) in [4.78, 5) is 36.5. The van der Waals surface area contributed by atoms with E-state index in [4.69, 9.17) is 0 Å². The van der Waals surface area contributed by atoms with Gasteiger partial charge in [-0.25, -0.2) is 4.98 Å². The average Bonchev–Trinajstić information content (AvgIpc) is 2.83. The van der Waals surface area contributed by atoms with Crippen molar-refractivity contribution < 1.29 is 9.59 Å². The first-order valence-electron chi connectivity index (χ1n) is 7.96. The number of nitrogens with one attached hydrogen (secondary N) is 1. The van der Waals surface area contributed by atoms with E-state index in [1.807, 2.05) is 20.9 Å². The first-order valence-corrected chi connectivity index (χ1v) is 7.96. The molecule has 0 radical (unpaired) electrons. The van der Waals surface area contributed by atoms with Crippen LogP contribution >= 0.6 is 0 Å². The fourth-order valence-electron chi connectivity index (χ4n) is 3.65. The zero-order valence-electron chi connectivity index (χ0n) is 13.8. The highest BCUT2D eigenvalue weighted by Gasteiger charge is 2.53. The number of rotatable bonds is 3. The second kappa shape index (κ2) is 5.88. The summed E-state index contributed by atoms with van der Waals surface area (Å²) in [5, 5.41) is 2.98. The Kier molecular flexibility index (Phi) is 4.06. The molecule has 1 N–H and O–H groups in total. The van der Waals surface area contributed by atoms with Crippen molar-refractivity contribution in [3.8, 4) is 0 Å². The molecule has 2 fully saturated rings. The molecule has 0 aromatic carbocycles. The summed E-state index contributed by atoms with van der Waals surface area (Å²) in [5.74, 6) is -0.000428. The molecule has 1 aromatic heterocycles. The minimum atomic E-state index is -0.105. The molecule has 23 heavy (non-hydrogen) atoms. The number of nitrogens with zero attached hydrogens (tertiary/aromatic N) is 4. The molecular formula is C16H23N5O2. The van der Waals surface area contributed by atoms with Gasteiger partial charge in [0.2, 0.25) is 5.91 Å². The molecule has 1 spiro atoms. The largest absolute Gasteiger partial charge is 0.353 e. The summed E-state index contributed by atoms with van der Waals surface area (Å²) in [6, 6.07) is 0.0368.